The Morgan fingerprint density at radius 3 is 1.26 bits per heavy atom. The lowest BCUT2D eigenvalue weighted by Gasteiger charge is -2.21. The first-order valence-corrected chi connectivity index (χ1v) is 13.7. The predicted molar refractivity (Wildman–Crippen MR) is 152 cm³/mol. The Labute approximate surface area is 211 Å². The first-order chi connectivity index (χ1) is 17.1. The van der Waals surface area contributed by atoms with E-state index in [4.69, 9.17) is 0 Å². The van der Waals surface area contributed by atoms with E-state index in [-0.39, 0.29) is 0 Å². The lowest BCUT2D eigenvalue weighted by molar-refractivity contribution is 1.03. The quantitative estimate of drug-likeness (QED) is 0.263. The Bertz CT molecular complexity index is 1370. The van der Waals surface area contributed by atoms with E-state index < -0.39 is 0 Å². The van der Waals surface area contributed by atoms with Crippen LogP contribution in [0.3, 0.4) is 0 Å². The smallest absolute Gasteiger partial charge is 0.0655 e. The lowest BCUT2D eigenvalue weighted by Crippen LogP contribution is -2.17. The van der Waals surface area contributed by atoms with Gasteiger partial charge >= 0.3 is 0 Å². The fourth-order valence-corrected chi connectivity index (χ4v) is 8.17. The van der Waals surface area contributed by atoms with Crippen LogP contribution in [0.15, 0.2) is 108 Å². The zero-order valence-corrected chi connectivity index (χ0v) is 21.9. The largest absolute Gasteiger partial charge is 0.0678 e. The van der Waals surface area contributed by atoms with Crippen LogP contribution >= 0.6 is 0 Å². The maximum atomic E-state index is 2.38. The summed E-state index contributed by atoms with van der Waals surface area (Å²) in [6.07, 6.45) is 0. The molecule has 1 heteroatoms. The van der Waals surface area contributed by atoms with Gasteiger partial charge in [-0.2, -0.15) is 0 Å². The molecule has 0 nitrogen and oxygen atoms in total. The lowest BCUT2D eigenvalue weighted by atomic mass is 9.94. The first-order valence-electron chi connectivity index (χ1n) is 12.5. The van der Waals surface area contributed by atoms with Gasteiger partial charge in [-0.25, -0.2) is 0 Å². The van der Waals surface area contributed by atoms with E-state index in [0.29, 0.717) is 11.1 Å². The minimum atomic E-state index is 0.479. The molecule has 0 heterocycles. The van der Waals surface area contributed by atoms with Crippen molar-refractivity contribution in [1.29, 1.82) is 0 Å². The van der Waals surface area contributed by atoms with Crippen molar-refractivity contribution in [3.8, 4) is 22.3 Å². The van der Waals surface area contributed by atoms with Gasteiger partial charge in [-0.05, 0) is 94.4 Å². The van der Waals surface area contributed by atoms with E-state index in [1.54, 1.807) is 11.1 Å². The molecule has 0 bridgehead atoms. The number of hydrogen-bond acceptors (Lipinski definition) is 0. The van der Waals surface area contributed by atoms with E-state index in [0.717, 1.165) is 9.52 Å². The standard InChI is InChI=1S/C34H30Si/c1-21-23(3)33(29-19-11-17-27(31(21)29)25-13-7-5-8-14-25)35-34-24(4)22(2)32-28(18-12-20-30(32)34)26-15-9-6-10-16-26/h5-20,33-34H,1-4H3. The van der Waals surface area contributed by atoms with E-state index in [2.05, 4.69) is 125 Å². The van der Waals surface area contributed by atoms with Crippen LogP contribution in [0, 0.1) is 0 Å². The molecule has 0 saturated carbocycles. The predicted octanol–water partition coefficient (Wildman–Crippen LogP) is 9.12. The number of benzene rings is 4. The summed E-state index contributed by atoms with van der Waals surface area (Å²) < 4.78 is 0. The summed E-state index contributed by atoms with van der Waals surface area (Å²) in [6, 6.07) is 35.6. The van der Waals surface area contributed by atoms with Crippen LogP contribution in [0.25, 0.3) is 33.4 Å². The Morgan fingerprint density at radius 2 is 0.857 bits per heavy atom. The van der Waals surface area contributed by atoms with Gasteiger partial charge in [0, 0.05) is 0 Å². The SMILES string of the molecule is CC1=C(C)C([Si]C2C(C)=C(C)c3c(-c4ccccc4)cccc32)c2cccc(-c3ccccc3)c21. The van der Waals surface area contributed by atoms with Crippen molar-refractivity contribution in [1.82, 2.24) is 0 Å². The van der Waals surface area contributed by atoms with Gasteiger partial charge in [0.1, 0.15) is 0 Å². The average molecular weight is 467 g/mol. The third-order valence-corrected chi connectivity index (χ3v) is 10.3. The summed E-state index contributed by atoms with van der Waals surface area (Å²) in [4.78, 5) is 0. The second-order valence-electron chi connectivity index (χ2n) is 9.92. The summed E-state index contributed by atoms with van der Waals surface area (Å²) in [5.74, 6) is 0. The Morgan fingerprint density at radius 1 is 0.457 bits per heavy atom. The van der Waals surface area contributed by atoms with Crippen LogP contribution < -0.4 is 0 Å². The highest BCUT2D eigenvalue weighted by molar-refractivity contribution is 6.44. The van der Waals surface area contributed by atoms with Crippen LogP contribution in [-0.4, -0.2) is 9.52 Å². The van der Waals surface area contributed by atoms with Crippen LogP contribution in [0.4, 0.5) is 0 Å². The van der Waals surface area contributed by atoms with Crippen LogP contribution in [0.5, 0.6) is 0 Å². The highest BCUT2D eigenvalue weighted by Crippen LogP contribution is 2.51. The zero-order valence-electron chi connectivity index (χ0n) is 20.9. The molecule has 0 aromatic heterocycles. The molecule has 4 aromatic carbocycles. The van der Waals surface area contributed by atoms with E-state index in [1.807, 2.05) is 0 Å². The average Bonchev–Trinajstić information content (AvgIpc) is 3.30. The maximum absolute atomic E-state index is 2.38. The highest BCUT2D eigenvalue weighted by Gasteiger charge is 2.36. The summed E-state index contributed by atoms with van der Waals surface area (Å²) in [6.45, 7) is 9.39. The molecule has 0 amide bonds. The number of hydrogen-bond donors (Lipinski definition) is 0. The number of fused-ring (bicyclic) bond motifs is 2. The second kappa shape index (κ2) is 8.66. The van der Waals surface area contributed by atoms with E-state index in [9.17, 15) is 0 Å². The van der Waals surface area contributed by atoms with E-state index >= 15 is 0 Å². The molecule has 2 aliphatic rings. The molecule has 4 aromatic rings. The van der Waals surface area contributed by atoms with Crippen molar-refractivity contribution < 1.29 is 0 Å². The topological polar surface area (TPSA) is 0 Å². The summed E-state index contributed by atoms with van der Waals surface area (Å²) >= 11 is 0. The van der Waals surface area contributed by atoms with Gasteiger partial charge < -0.3 is 0 Å². The van der Waals surface area contributed by atoms with Crippen molar-refractivity contribution in [2.24, 2.45) is 0 Å². The minimum absolute atomic E-state index is 0.479. The molecule has 0 fully saturated rings. The van der Waals surface area contributed by atoms with Gasteiger partial charge in [0.25, 0.3) is 0 Å². The molecule has 35 heavy (non-hydrogen) atoms. The van der Waals surface area contributed by atoms with Gasteiger partial charge in [0.2, 0.25) is 0 Å². The third-order valence-electron chi connectivity index (χ3n) is 8.12. The van der Waals surface area contributed by atoms with Gasteiger partial charge in [0.15, 0.2) is 0 Å². The fraction of sp³-hybridized carbons (Fsp3) is 0.176. The molecular formula is C34H30Si. The molecule has 6 rings (SSSR count). The van der Waals surface area contributed by atoms with Crippen molar-refractivity contribution in [3.05, 3.63) is 130 Å². The van der Waals surface area contributed by atoms with Crippen LogP contribution in [0.1, 0.15) is 61.0 Å². The summed E-state index contributed by atoms with van der Waals surface area (Å²) in [5, 5.41) is 0. The highest BCUT2D eigenvalue weighted by atomic mass is 28.2. The molecule has 2 radical (unpaired) electrons. The normalized spacial score (nSPS) is 18.7. The van der Waals surface area contributed by atoms with Crippen LogP contribution in [0.2, 0.25) is 0 Å². The molecule has 0 aliphatic heterocycles. The second-order valence-corrected chi connectivity index (χ2v) is 11.4. The molecule has 2 aliphatic carbocycles. The van der Waals surface area contributed by atoms with Crippen molar-refractivity contribution in [2.75, 3.05) is 0 Å². The number of rotatable bonds is 4. The van der Waals surface area contributed by atoms with E-state index in [1.165, 1.54) is 55.7 Å². The molecule has 2 atom stereocenters. The Kier molecular flexibility index (Phi) is 5.46. The molecule has 0 N–H and O–H groups in total. The zero-order chi connectivity index (χ0) is 24.1. The van der Waals surface area contributed by atoms with Gasteiger partial charge in [0.05, 0.1) is 9.52 Å². The van der Waals surface area contributed by atoms with Gasteiger partial charge in [-0.1, -0.05) is 108 Å². The first kappa shape index (κ1) is 22.1. The van der Waals surface area contributed by atoms with Crippen molar-refractivity contribution in [2.45, 2.75) is 38.8 Å². The minimum Gasteiger partial charge on any atom is -0.0655 e. The summed E-state index contributed by atoms with van der Waals surface area (Å²) in [5.41, 5.74) is 18.3. The van der Waals surface area contributed by atoms with Crippen LogP contribution in [-0.2, 0) is 0 Å². The fourth-order valence-electron chi connectivity index (χ4n) is 6.07. The van der Waals surface area contributed by atoms with Gasteiger partial charge in [-0.3, -0.25) is 0 Å². The molecule has 2 unspecified atom stereocenters. The maximum Gasteiger partial charge on any atom is 0.0678 e. The Balaban J connectivity index is 1.43. The Hall–Kier alpha value is -3.42. The molecule has 0 spiro atoms. The van der Waals surface area contributed by atoms with Crippen molar-refractivity contribution >= 4 is 20.7 Å². The van der Waals surface area contributed by atoms with Crippen molar-refractivity contribution in [3.63, 3.8) is 0 Å². The molecule has 170 valence electrons. The van der Waals surface area contributed by atoms with Gasteiger partial charge in [-0.15, -0.1) is 0 Å². The number of allylic oxidation sites excluding steroid dienone is 4. The molecule has 0 saturated heterocycles. The summed E-state index contributed by atoms with van der Waals surface area (Å²) in [7, 11) is 0.798. The monoisotopic (exact) mass is 466 g/mol. The third kappa shape index (κ3) is 3.49. The molecular weight excluding hydrogens is 436 g/mol.